The van der Waals surface area contributed by atoms with Crippen LogP contribution in [0.3, 0.4) is 0 Å². The molecule has 0 unspecified atom stereocenters. The molecule has 0 saturated carbocycles. The molecular weight excluding hydrogens is 670 g/mol. The van der Waals surface area contributed by atoms with Crippen LogP contribution in [0.1, 0.15) is 61.9 Å². The zero-order chi connectivity index (χ0) is 35.1. The molecule has 0 radical (unpaired) electrons. The van der Waals surface area contributed by atoms with E-state index >= 15 is 0 Å². The van der Waals surface area contributed by atoms with E-state index in [1.54, 1.807) is 9.80 Å². The number of nitrogens with one attached hydrogen (secondary N) is 2. The molecule has 2 aromatic rings. The van der Waals surface area contributed by atoms with Crippen LogP contribution in [0.2, 0.25) is 0 Å². The van der Waals surface area contributed by atoms with Crippen molar-refractivity contribution in [3.8, 4) is 0 Å². The average molecular weight is 709 g/mol. The molecule has 4 rings (SSSR count). The summed E-state index contributed by atoms with van der Waals surface area (Å²) in [5.41, 5.74) is -0.113. The molecule has 3 N–H and O–H groups in total. The number of hydrogen-bond acceptors (Lipinski definition) is 8. The summed E-state index contributed by atoms with van der Waals surface area (Å²) in [6.45, 7) is 1.20. The van der Waals surface area contributed by atoms with Crippen LogP contribution < -0.4 is 20.4 Å². The van der Waals surface area contributed by atoms with Gasteiger partial charge in [0.15, 0.2) is 5.78 Å². The van der Waals surface area contributed by atoms with E-state index in [1.165, 1.54) is 18.2 Å². The number of piperidine rings is 1. The van der Waals surface area contributed by atoms with Crippen molar-refractivity contribution in [2.45, 2.75) is 69.8 Å². The SMILES string of the molecule is O=C(NCCC1CCN(c2cc(N3CCC[C@H]3C(=O)CCCc3ccc(C(F)(F)F)cc3)nc(C(F)(F)F)n2)CC1)NCCS(=O)(=O)O. The second-order valence-electron chi connectivity index (χ2n) is 12.0. The van der Waals surface area contributed by atoms with E-state index in [2.05, 4.69) is 20.6 Å². The lowest BCUT2D eigenvalue weighted by atomic mass is 9.93. The van der Waals surface area contributed by atoms with Crippen molar-refractivity contribution in [3.05, 3.63) is 47.3 Å². The highest BCUT2D eigenvalue weighted by Crippen LogP contribution is 2.35. The summed E-state index contributed by atoms with van der Waals surface area (Å²) in [4.78, 5) is 35.9. The number of benzene rings is 1. The number of urea groups is 1. The first-order valence-electron chi connectivity index (χ1n) is 15.6. The van der Waals surface area contributed by atoms with E-state index in [1.807, 2.05) is 0 Å². The van der Waals surface area contributed by atoms with Crippen molar-refractivity contribution >= 4 is 33.6 Å². The van der Waals surface area contributed by atoms with Gasteiger partial charge in [-0.3, -0.25) is 9.35 Å². The number of aromatic nitrogens is 2. The molecule has 1 aromatic heterocycles. The molecule has 1 aromatic carbocycles. The number of carbonyl (C=O) groups excluding carboxylic acids is 2. The normalized spacial score (nSPS) is 17.9. The number of amides is 2. The smallest absolute Gasteiger partial charge is 0.356 e. The fourth-order valence-corrected chi connectivity index (χ4v) is 6.28. The predicted molar refractivity (Wildman–Crippen MR) is 164 cm³/mol. The summed E-state index contributed by atoms with van der Waals surface area (Å²) in [6.07, 6.45) is -5.54. The number of ketones is 1. The average Bonchev–Trinajstić information content (AvgIpc) is 3.50. The first-order chi connectivity index (χ1) is 22.5. The zero-order valence-electron chi connectivity index (χ0n) is 26.0. The number of halogens is 6. The quantitative estimate of drug-likeness (QED) is 0.196. The Kier molecular flexibility index (Phi) is 12.1. The van der Waals surface area contributed by atoms with E-state index in [4.69, 9.17) is 4.55 Å². The minimum absolute atomic E-state index is 0.0113. The van der Waals surface area contributed by atoms with E-state index in [0.717, 1.165) is 12.1 Å². The Morgan fingerprint density at radius 3 is 2.17 bits per heavy atom. The monoisotopic (exact) mass is 708 g/mol. The van der Waals surface area contributed by atoms with Crippen LogP contribution in [0.15, 0.2) is 30.3 Å². The van der Waals surface area contributed by atoms with Gasteiger partial charge in [-0.2, -0.15) is 34.8 Å². The standard InChI is InChI=1S/C30H38F6N6O5S/c31-29(32,33)22-8-6-20(7-9-22)3-1-5-24(43)23-4-2-15-42(23)26-19-25(39-27(40-26)30(34,35)36)41-16-11-21(12-17-41)10-13-37-28(44)38-14-18-48(45,46)47/h6-9,19,21,23H,1-5,10-18H2,(H2,37,38,44)(H,45,46,47)/t23-/m0/s1. The Morgan fingerprint density at radius 1 is 0.896 bits per heavy atom. The van der Waals surface area contributed by atoms with Crippen molar-refractivity contribution in [2.75, 3.05) is 48.3 Å². The molecule has 2 aliphatic rings. The highest BCUT2D eigenvalue weighted by Gasteiger charge is 2.39. The summed E-state index contributed by atoms with van der Waals surface area (Å²) in [7, 11) is -4.19. The summed E-state index contributed by atoms with van der Waals surface area (Å²) in [5, 5.41) is 4.93. The van der Waals surface area contributed by atoms with Crippen LogP contribution >= 0.6 is 0 Å². The van der Waals surface area contributed by atoms with E-state index in [9.17, 15) is 44.3 Å². The lowest BCUT2D eigenvalue weighted by Crippen LogP contribution is -2.40. The van der Waals surface area contributed by atoms with Crippen LogP contribution in [0.4, 0.5) is 42.8 Å². The maximum Gasteiger partial charge on any atom is 0.451 e. The third kappa shape index (κ3) is 10.9. The summed E-state index contributed by atoms with van der Waals surface area (Å²) < 4.78 is 110. The van der Waals surface area contributed by atoms with E-state index in [-0.39, 0.29) is 36.3 Å². The number of rotatable bonds is 13. The van der Waals surface area contributed by atoms with Crippen LogP contribution in [0.25, 0.3) is 0 Å². The number of alkyl halides is 6. The highest BCUT2D eigenvalue weighted by molar-refractivity contribution is 7.85. The number of hydrogen-bond donors (Lipinski definition) is 3. The van der Waals surface area contributed by atoms with Gasteiger partial charge in [-0.1, -0.05) is 12.1 Å². The number of aryl methyl sites for hydroxylation is 1. The van der Waals surface area contributed by atoms with Crippen molar-refractivity contribution in [2.24, 2.45) is 5.92 Å². The van der Waals surface area contributed by atoms with Gasteiger partial charge in [0.1, 0.15) is 11.6 Å². The topological polar surface area (TPSA) is 145 Å². The summed E-state index contributed by atoms with van der Waals surface area (Å²) >= 11 is 0. The predicted octanol–water partition coefficient (Wildman–Crippen LogP) is 4.87. The molecule has 0 spiro atoms. The van der Waals surface area contributed by atoms with Gasteiger partial charge < -0.3 is 20.4 Å². The Hall–Kier alpha value is -3.67. The van der Waals surface area contributed by atoms with Crippen LogP contribution in [-0.2, 0) is 33.7 Å². The lowest BCUT2D eigenvalue weighted by molar-refractivity contribution is -0.144. The van der Waals surface area contributed by atoms with Gasteiger partial charge in [0.05, 0.1) is 17.4 Å². The molecule has 266 valence electrons. The second-order valence-corrected chi connectivity index (χ2v) is 13.5. The molecule has 0 aliphatic carbocycles. The van der Waals surface area contributed by atoms with Crippen molar-refractivity contribution in [1.29, 1.82) is 0 Å². The molecule has 0 bridgehead atoms. The first kappa shape index (κ1) is 37.2. The van der Waals surface area contributed by atoms with Crippen LogP contribution in [0, 0.1) is 5.92 Å². The van der Waals surface area contributed by atoms with Gasteiger partial charge in [0, 0.05) is 45.2 Å². The molecule has 1 atom stereocenters. The molecule has 2 fully saturated rings. The summed E-state index contributed by atoms with van der Waals surface area (Å²) in [6, 6.07) is 4.93. The van der Waals surface area contributed by atoms with Crippen LogP contribution in [-0.4, -0.2) is 79.3 Å². The number of anilines is 2. The molecule has 3 heterocycles. The maximum atomic E-state index is 13.9. The second kappa shape index (κ2) is 15.7. The number of Topliss-reactive ketones (excluding diaryl/α,β-unsaturated/α-hetero) is 1. The van der Waals surface area contributed by atoms with Gasteiger partial charge in [-0.05, 0) is 68.6 Å². The van der Waals surface area contributed by atoms with Gasteiger partial charge in [0.2, 0.25) is 5.82 Å². The first-order valence-corrected chi connectivity index (χ1v) is 17.2. The molecular formula is C30H38F6N6O5S. The van der Waals surface area contributed by atoms with Crippen molar-refractivity contribution in [3.63, 3.8) is 0 Å². The lowest BCUT2D eigenvalue weighted by Gasteiger charge is -2.34. The number of carbonyl (C=O) groups is 2. The van der Waals surface area contributed by atoms with Crippen molar-refractivity contribution < 1.29 is 48.9 Å². The Bertz CT molecular complexity index is 1520. The third-order valence-electron chi connectivity index (χ3n) is 8.46. The largest absolute Gasteiger partial charge is 0.451 e. The fourth-order valence-electron chi connectivity index (χ4n) is 5.92. The Morgan fingerprint density at radius 2 is 1.54 bits per heavy atom. The highest BCUT2D eigenvalue weighted by atomic mass is 32.2. The van der Waals surface area contributed by atoms with Gasteiger partial charge in [-0.25, -0.2) is 14.8 Å². The van der Waals surface area contributed by atoms with Crippen molar-refractivity contribution in [1.82, 2.24) is 20.6 Å². The minimum atomic E-state index is -4.82. The molecule has 2 amide bonds. The van der Waals surface area contributed by atoms with E-state index < -0.39 is 51.7 Å². The maximum absolute atomic E-state index is 13.9. The van der Waals surface area contributed by atoms with Gasteiger partial charge >= 0.3 is 18.4 Å². The molecule has 2 saturated heterocycles. The third-order valence-corrected chi connectivity index (χ3v) is 9.18. The number of nitrogens with zero attached hydrogens (tertiary/aromatic N) is 4. The Labute approximate surface area is 274 Å². The Balaban J connectivity index is 1.33. The molecule has 2 aliphatic heterocycles. The van der Waals surface area contributed by atoms with Gasteiger partial charge in [-0.15, -0.1) is 0 Å². The zero-order valence-corrected chi connectivity index (χ0v) is 26.8. The van der Waals surface area contributed by atoms with Crippen LogP contribution in [0.5, 0.6) is 0 Å². The molecule has 18 heteroatoms. The van der Waals surface area contributed by atoms with E-state index in [0.29, 0.717) is 76.7 Å². The fraction of sp³-hybridized carbons (Fsp3) is 0.600. The molecule has 48 heavy (non-hydrogen) atoms. The molecule has 11 nitrogen and oxygen atoms in total. The minimum Gasteiger partial charge on any atom is -0.356 e. The van der Waals surface area contributed by atoms with Gasteiger partial charge in [0.25, 0.3) is 10.1 Å². The summed E-state index contributed by atoms with van der Waals surface area (Å²) in [5.74, 6) is -1.80.